The Kier molecular flexibility index (Phi) is 2.59. The maximum atomic E-state index is 10.8. The summed E-state index contributed by atoms with van der Waals surface area (Å²) in [5.41, 5.74) is 2.23. The van der Waals surface area contributed by atoms with Crippen molar-refractivity contribution in [3.05, 3.63) is 33.8 Å². The topological polar surface area (TPSA) is 37.3 Å². The molecule has 15 heavy (non-hydrogen) atoms. The Morgan fingerprint density at radius 2 is 2.20 bits per heavy atom. The zero-order chi connectivity index (χ0) is 11.1. The lowest BCUT2D eigenvalue weighted by atomic mass is 9.91. The number of hydrogen-bond acceptors (Lipinski definition) is 1. The Labute approximate surface area is 97.4 Å². The largest absolute Gasteiger partial charge is 0.481 e. The molecular weight excluding hydrogens is 256 g/mol. The van der Waals surface area contributed by atoms with Crippen molar-refractivity contribution >= 4 is 21.9 Å². The van der Waals surface area contributed by atoms with Crippen LogP contribution in [0, 0.1) is 6.92 Å². The fraction of sp³-hybridized carbons (Fsp3) is 0.417. The van der Waals surface area contributed by atoms with Crippen LogP contribution in [-0.4, -0.2) is 11.1 Å². The van der Waals surface area contributed by atoms with Gasteiger partial charge in [0.15, 0.2) is 0 Å². The lowest BCUT2D eigenvalue weighted by molar-refractivity contribution is -0.137. The second kappa shape index (κ2) is 3.63. The molecule has 1 aliphatic carbocycles. The van der Waals surface area contributed by atoms with Crippen molar-refractivity contribution in [2.75, 3.05) is 0 Å². The zero-order valence-electron chi connectivity index (χ0n) is 8.59. The van der Waals surface area contributed by atoms with Crippen molar-refractivity contribution < 1.29 is 9.90 Å². The van der Waals surface area contributed by atoms with Crippen LogP contribution in [0.25, 0.3) is 0 Å². The SMILES string of the molecule is Cc1cccc(C2(CC(=O)O)CC2)c1Br. The van der Waals surface area contributed by atoms with E-state index in [0.29, 0.717) is 0 Å². The van der Waals surface area contributed by atoms with Crippen LogP contribution >= 0.6 is 15.9 Å². The number of halogens is 1. The van der Waals surface area contributed by atoms with Crippen LogP contribution in [0.3, 0.4) is 0 Å². The van der Waals surface area contributed by atoms with Crippen molar-refractivity contribution in [1.82, 2.24) is 0 Å². The smallest absolute Gasteiger partial charge is 0.304 e. The molecule has 0 spiro atoms. The first-order valence-electron chi connectivity index (χ1n) is 5.02. The number of rotatable bonds is 3. The lowest BCUT2D eigenvalue weighted by Gasteiger charge is -2.16. The molecule has 0 unspecified atom stereocenters. The van der Waals surface area contributed by atoms with Gasteiger partial charge >= 0.3 is 5.97 Å². The Bertz CT molecular complexity index is 408. The van der Waals surface area contributed by atoms with Gasteiger partial charge < -0.3 is 5.11 Å². The molecule has 0 aromatic heterocycles. The van der Waals surface area contributed by atoms with Crippen LogP contribution in [0.1, 0.15) is 30.4 Å². The molecule has 0 bridgehead atoms. The Morgan fingerprint density at radius 1 is 1.53 bits per heavy atom. The van der Waals surface area contributed by atoms with Gasteiger partial charge in [-0.25, -0.2) is 0 Å². The molecule has 1 aliphatic rings. The summed E-state index contributed by atoms with van der Waals surface area (Å²) in [6.45, 7) is 2.03. The minimum absolute atomic E-state index is 0.101. The number of benzene rings is 1. The van der Waals surface area contributed by atoms with Crippen LogP contribution in [0.2, 0.25) is 0 Å². The van der Waals surface area contributed by atoms with Gasteiger partial charge in [0.05, 0.1) is 6.42 Å². The first-order chi connectivity index (χ1) is 7.05. The van der Waals surface area contributed by atoms with Gasteiger partial charge in [-0.3, -0.25) is 4.79 Å². The number of carbonyl (C=O) groups is 1. The number of carboxylic acids is 1. The quantitative estimate of drug-likeness (QED) is 0.914. The Hall–Kier alpha value is -0.830. The number of aryl methyl sites for hydroxylation is 1. The summed E-state index contributed by atoms with van der Waals surface area (Å²) < 4.78 is 1.07. The van der Waals surface area contributed by atoms with Gasteiger partial charge in [0.2, 0.25) is 0 Å². The van der Waals surface area contributed by atoms with Gasteiger partial charge in [-0.2, -0.15) is 0 Å². The molecule has 1 aromatic carbocycles. The molecule has 1 fully saturated rings. The molecule has 1 aromatic rings. The monoisotopic (exact) mass is 268 g/mol. The van der Waals surface area contributed by atoms with E-state index in [1.165, 1.54) is 5.56 Å². The molecule has 0 saturated heterocycles. The first-order valence-corrected chi connectivity index (χ1v) is 5.82. The van der Waals surface area contributed by atoms with Gasteiger partial charge in [0, 0.05) is 9.89 Å². The number of carboxylic acid groups (broad SMARTS) is 1. The van der Waals surface area contributed by atoms with Crippen LogP contribution in [0.4, 0.5) is 0 Å². The van der Waals surface area contributed by atoms with E-state index in [9.17, 15) is 4.79 Å². The van der Waals surface area contributed by atoms with Crippen LogP contribution in [0.15, 0.2) is 22.7 Å². The predicted octanol–water partition coefficient (Wildman–Crippen LogP) is 3.26. The third-order valence-corrected chi connectivity index (χ3v) is 4.16. The third kappa shape index (κ3) is 1.93. The summed E-state index contributed by atoms with van der Waals surface area (Å²) in [5, 5.41) is 8.90. The highest BCUT2D eigenvalue weighted by atomic mass is 79.9. The highest BCUT2D eigenvalue weighted by molar-refractivity contribution is 9.10. The van der Waals surface area contributed by atoms with E-state index in [4.69, 9.17) is 5.11 Å². The molecule has 0 amide bonds. The van der Waals surface area contributed by atoms with Gasteiger partial charge in [-0.15, -0.1) is 0 Å². The highest BCUT2D eigenvalue weighted by Crippen LogP contribution is 2.53. The van der Waals surface area contributed by atoms with Crippen molar-refractivity contribution in [3.63, 3.8) is 0 Å². The summed E-state index contributed by atoms with van der Waals surface area (Å²) >= 11 is 3.55. The molecule has 1 saturated carbocycles. The van der Waals surface area contributed by atoms with Gasteiger partial charge in [-0.05, 0) is 30.9 Å². The molecule has 0 radical (unpaired) electrons. The average molecular weight is 269 g/mol. The molecule has 80 valence electrons. The fourth-order valence-corrected chi connectivity index (χ4v) is 2.72. The fourth-order valence-electron chi connectivity index (χ4n) is 2.04. The van der Waals surface area contributed by atoms with E-state index in [0.717, 1.165) is 22.9 Å². The third-order valence-electron chi connectivity index (χ3n) is 3.11. The van der Waals surface area contributed by atoms with E-state index in [-0.39, 0.29) is 11.8 Å². The highest BCUT2D eigenvalue weighted by Gasteiger charge is 2.47. The number of aliphatic carboxylic acids is 1. The van der Waals surface area contributed by atoms with Crippen LogP contribution in [-0.2, 0) is 10.2 Å². The molecule has 2 rings (SSSR count). The maximum absolute atomic E-state index is 10.8. The predicted molar refractivity (Wildman–Crippen MR) is 62.0 cm³/mol. The van der Waals surface area contributed by atoms with Crippen LogP contribution < -0.4 is 0 Å². The van der Waals surface area contributed by atoms with E-state index >= 15 is 0 Å². The van der Waals surface area contributed by atoms with Crippen molar-refractivity contribution in [3.8, 4) is 0 Å². The molecule has 1 N–H and O–H groups in total. The second-order valence-corrected chi connectivity index (χ2v) is 5.08. The maximum Gasteiger partial charge on any atom is 0.304 e. The van der Waals surface area contributed by atoms with Gasteiger partial charge in [-0.1, -0.05) is 34.1 Å². The normalized spacial score (nSPS) is 17.5. The molecule has 3 heteroatoms. The van der Waals surface area contributed by atoms with Crippen molar-refractivity contribution in [1.29, 1.82) is 0 Å². The van der Waals surface area contributed by atoms with Crippen LogP contribution in [0.5, 0.6) is 0 Å². The molecule has 0 aliphatic heterocycles. The lowest BCUT2D eigenvalue weighted by Crippen LogP contribution is -2.13. The average Bonchev–Trinajstić information content (AvgIpc) is 2.89. The van der Waals surface area contributed by atoms with E-state index in [1.807, 2.05) is 25.1 Å². The molecule has 0 heterocycles. The summed E-state index contributed by atoms with van der Waals surface area (Å²) in [7, 11) is 0. The number of hydrogen-bond donors (Lipinski definition) is 1. The second-order valence-electron chi connectivity index (χ2n) is 4.29. The molecule has 0 atom stereocenters. The summed E-state index contributed by atoms with van der Waals surface area (Å²) in [4.78, 5) is 10.8. The molecular formula is C12H13BrO2. The van der Waals surface area contributed by atoms with Crippen molar-refractivity contribution in [2.24, 2.45) is 0 Å². The van der Waals surface area contributed by atoms with E-state index < -0.39 is 5.97 Å². The minimum atomic E-state index is -0.707. The zero-order valence-corrected chi connectivity index (χ0v) is 10.2. The van der Waals surface area contributed by atoms with Crippen molar-refractivity contribution in [2.45, 2.75) is 31.6 Å². The standard InChI is InChI=1S/C12H13BrO2/c1-8-3-2-4-9(11(8)13)12(5-6-12)7-10(14)15/h2-4H,5-7H2,1H3,(H,14,15). The Morgan fingerprint density at radius 3 is 2.73 bits per heavy atom. The van der Waals surface area contributed by atoms with E-state index in [2.05, 4.69) is 15.9 Å². The molecule has 2 nitrogen and oxygen atoms in total. The first kappa shape index (κ1) is 10.7. The van der Waals surface area contributed by atoms with Gasteiger partial charge in [0.25, 0.3) is 0 Å². The summed E-state index contributed by atoms with van der Waals surface area (Å²) in [5.74, 6) is -0.707. The summed E-state index contributed by atoms with van der Waals surface area (Å²) in [6, 6.07) is 6.06. The van der Waals surface area contributed by atoms with E-state index in [1.54, 1.807) is 0 Å². The Balaban J connectivity index is 2.37. The minimum Gasteiger partial charge on any atom is -0.481 e. The van der Waals surface area contributed by atoms with Gasteiger partial charge in [0.1, 0.15) is 0 Å². The summed E-state index contributed by atoms with van der Waals surface area (Å²) in [6.07, 6.45) is 2.22.